The fraction of sp³-hybridized carbons (Fsp3) is 0.333. The van der Waals surface area contributed by atoms with E-state index in [0.717, 1.165) is 24.0 Å². The number of carbonyl (C=O) groups is 2. The maximum Gasteiger partial charge on any atom is 0.220 e. The molecule has 0 aliphatic carbocycles. The fourth-order valence-electron chi connectivity index (χ4n) is 2.70. The molecule has 0 saturated heterocycles. The number of carbonyl (C=O) groups excluding carboxylic acids is 2. The van der Waals surface area contributed by atoms with E-state index in [0.29, 0.717) is 31.1 Å². The summed E-state index contributed by atoms with van der Waals surface area (Å²) in [5, 5.41) is 3.59. The van der Waals surface area contributed by atoms with Gasteiger partial charge < -0.3 is 10.2 Å². The van der Waals surface area contributed by atoms with E-state index in [-0.39, 0.29) is 11.8 Å². The fourth-order valence-corrected chi connectivity index (χ4v) is 2.92. The molecular weight excluding hydrogens is 348 g/mol. The first-order valence-electron chi connectivity index (χ1n) is 8.85. The van der Waals surface area contributed by atoms with Gasteiger partial charge in [-0.3, -0.25) is 9.59 Å². The van der Waals surface area contributed by atoms with Crippen molar-refractivity contribution in [1.29, 1.82) is 0 Å². The van der Waals surface area contributed by atoms with E-state index in [1.54, 1.807) is 11.8 Å². The Balaban J connectivity index is 1.70. The zero-order valence-electron chi connectivity index (χ0n) is 15.1. The number of nitrogens with one attached hydrogen (secondary N) is 1. The Bertz CT molecular complexity index is 719. The first kappa shape index (κ1) is 20.0. The topological polar surface area (TPSA) is 49.4 Å². The summed E-state index contributed by atoms with van der Waals surface area (Å²) in [4.78, 5) is 25.5. The number of rotatable bonds is 9. The van der Waals surface area contributed by atoms with Gasteiger partial charge in [-0.25, -0.2) is 0 Å². The lowest BCUT2D eigenvalue weighted by Crippen LogP contribution is -2.38. The van der Waals surface area contributed by atoms with Gasteiger partial charge in [-0.1, -0.05) is 54.1 Å². The van der Waals surface area contributed by atoms with Crippen LogP contribution in [-0.4, -0.2) is 36.3 Å². The van der Waals surface area contributed by atoms with Crippen molar-refractivity contribution in [3.63, 3.8) is 0 Å². The van der Waals surface area contributed by atoms with E-state index in [1.165, 1.54) is 0 Å². The minimum atomic E-state index is 0.00515. The minimum Gasteiger partial charge on any atom is -0.354 e. The van der Waals surface area contributed by atoms with E-state index in [9.17, 15) is 9.59 Å². The van der Waals surface area contributed by atoms with Gasteiger partial charge in [0.05, 0.1) is 0 Å². The number of amides is 2. The van der Waals surface area contributed by atoms with E-state index in [4.69, 9.17) is 11.6 Å². The third kappa shape index (κ3) is 7.28. The van der Waals surface area contributed by atoms with Gasteiger partial charge in [-0.15, -0.1) is 0 Å². The summed E-state index contributed by atoms with van der Waals surface area (Å²) in [5.41, 5.74) is 2.24. The van der Waals surface area contributed by atoms with Crippen LogP contribution in [0.25, 0.3) is 0 Å². The van der Waals surface area contributed by atoms with Crippen LogP contribution in [0.2, 0.25) is 5.02 Å². The Labute approximate surface area is 160 Å². The van der Waals surface area contributed by atoms with Crippen LogP contribution in [-0.2, 0) is 22.4 Å². The summed E-state index contributed by atoms with van der Waals surface area (Å²) in [6.45, 7) is 3.13. The second kappa shape index (κ2) is 10.6. The summed E-state index contributed by atoms with van der Waals surface area (Å²) < 4.78 is 0. The highest BCUT2D eigenvalue weighted by Gasteiger charge is 2.10. The van der Waals surface area contributed by atoms with Crippen molar-refractivity contribution in [3.05, 3.63) is 70.7 Å². The molecule has 0 saturated carbocycles. The molecule has 0 heterocycles. The monoisotopic (exact) mass is 372 g/mol. The Kier molecular flexibility index (Phi) is 8.16. The molecule has 1 N–H and O–H groups in total. The number of halogens is 1. The van der Waals surface area contributed by atoms with E-state index < -0.39 is 0 Å². The molecule has 2 amide bonds. The maximum atomic E-state index is 12.0. The standard InChI is InChI=1S/C21H25ClN2O2/c1-17(25)24(14-12-19-8-5-9-20(22)16-19)15-13-23-21(26)11-10-18-6-3-2-4-7-18/h2-9,16H,10-15H2,1H3,(H,23,26). The summed E-state index contributed by atoms with van der Waals surface area (Å²) in [5.74, 6) is 0.0118. The second-order valence-corrected chi connectivity index (χ2v) is 6.66. The molecule has 0 spiro atoms. The molecule has 138 valence electrons. The highest BCUT2D eigenvalue weighted by molar-refractivity contribution is 6.30. The van der Waals surface area contributed by atoms with Gasteiger partial charge in [-0.05, 0) is 36.1 Å². The zero-order chi connectivity index (χ0) is 18.8. The smallest absolute Gasteiger partial charge is 0.220 e. The van der Waals surface area contributed by atoms with Crippen LogP contribution in [0.1, 0.15) is 24.5 Å². The molecule has 0 unspecified atom stereocenters. The van der Waals surface area contributed by atoms with Crippen LogP contribution in [0.5, 0.6) is 0 Å². The molecule has 0 radical (unpaired) electrons. The van der Waals surface area contributed by atoms with Crippen LogP contribution in [0.3, 0.4) is 0 Å². The molecule has 0 aliphatic rings. The van der Waals surface area contributed by atoms with Crippen molar-refractivity contribution in [2.24, 2.45) is 0 Å². The average Bonchev–Trinajstić information content (AvgIpc) is 2.63. The number of hydrogen-bond donors (Lipinski definition) is 1. The van der Waals surface area contributed by atoms with Gasteiger partial charge in [0.1, 0.15) is 0 Å². The molecule has 0 bridgehead atoms. The number of nitrogens with zero attached hydrogens (tertiary/aromatic N) is 1. The lowest BCUT2D eigenvalue weighted by Gasteiger charge is -2.21. The number of hydrogen-bond acceptors (Lipinski definition) is 2. The van der Waals surface area contributed by atoms with Crippen molar-refractivity contribution in [1.82, 2.24) is 10.2 Å². The molecule has 0 atom stereocenters. The summed E-state index contributed by atoms with van der Waals surface area (Å²) in [7, 11) is 0. The lowest BCUT2D eigenvalue weighted by molar-refractivity contribution is -0.129. The van der Waals surface area contributed by atoms with Gasteiger partial charge in [0.2, 0.25) is 11.8 Å². The largest absolute Gasteiger partial charge is 0.354 e. The normalized spacial score (nSPS) is 10.4. The summed E-state index contributed by atoms with van der Waals surface area (Å²) >= 11 is 5.99. The predicted octanol–water partition coefficient (Wildman–Crippen LogP) is 3.48. The van der Waals surface area contributed by atoms with Crippen molar-refractivity contribution >= 4 is 23.4 Å². The van der Waals surface area contributed by atoms with Crippen molar-refractivity contribution in [2.75, 3.05) is 19.6 Å². The van der Waals surface area contributed by atoms with Crippen LogP contribution < -0.4 is 5.32 Å². The number of aryl methyl sites for hydroxylation is 1. The highest BCUT2D eigenvalue weighted by atomic mass is 35.5. The highest BCUT2D eigenvalue weighted by Crippen LogP contribution is 2.11. The van der Waals surface area contributed by atoms with Crippen molar-refractivity contribution < 1.29 is 9.59 Å². The van der Waals surface area contributed by atoms with E-state index >= 15 is 0 Å². The van der Waals surface area contributed by atoms with Gasteiger partial charge >= 0.3 is 0 Å². The third-order valence-electron chi connectivity index (χ3n) is 4.19. The molecule has 26 heavy (non-hydrogen) atoms. The van der Waals surface area contributed by atoms with Crippen molar-refractivity contribution in [3.8, 4) is 0 Å². The predicted molar refractivity (Wildman–Crippen MR) is 105 cm³/mol. The third-order valence-corrected chi connectivity index (χ3v) is 4.43. The lowest BCUT2D eigenvalue weighted by atomic mass is 10.1. The zero-order valence-corrected chi connectivity index (χ0v) is 15.8. The molecule has 0 fully saturated rings. The van der Waals surface area contributed by atoms with Crippen molar-refractivity contribution in [2.45, 2.75) is 26.2 Å². The Morgan fingerprint density at radius 3 is 2.38 bits per heavy atom. The van der Waals surface area contributed by atoms with Crippen LogP contribution in [0.4, 0.5) is 0 Å². The van der Waals surface area contributed by atoms with Gasteiger partial charge in [0.25, 0.3) is 0 Å². The molecule has 2 rings (SSSR count). The first-order chi connectivity index (χ1) is 12.5. The molecular formula is C21H25ClN2O2. The first-order valence-corrected chi connectivity index (χ1v) is 9.23. The Hall–Kier alpha value is -2.33. The van der Waals surface area contributed by atoms with Crippen LogP contribution in [0, 0.1) is 0 Å². The summed E-state index contributed by atoms with van der Waals surface area (Å²) in [6.07, 6.45) is 1.91. The molecule has 4 nitrogen and oxygen atoms in total. The van der Waals surface area contributed by atoms with Gasteiger partial charge in [0, 0.05) is 38.0 Å². The molecule has 2 aromatic carbocycles. The van der Waals surface area contributed by atoms with Crippen LogP contribution >= 0.6 is 11.6 Å². The second-order valence-electron chi connectivity index (χ2n) is 6.22. The summed E-state index contributed by atoms with van der Waals surface area (Å²) in [6, 6.07) is 17.6. The van der Waals surface area contributed by atoms with Gasteiger partial charge in [-0.2, -0.15) is 0 Å². The molecule has 0 aliphatic heterocycles. The van der Waals surface area contributed by atoms with Crippen LogP contribution in [0.15, 0.2) is 54.6 Å². The molecule has 5 heteroatoms. The Morgan fingerprint density at radius 1 is 0.962 bits per heavy atom. The molecule has 2 aromatic rings. The Morgan fingerprint density at radius 2 is 1.69 bits per heavy atom. The van der Waals surface area contributed by atoms with E-state index in [2.05, 4.69) is 5.32 Å². The number of benzene rings is 2. The maximum absolute atomic E-state index is 12.0. The van der Waals surface area contributed by atoms with E-state index in [1.807, 2.05) is 54.6 Å². The SMILES string of the molecule is CC(=O)N(CCNC(=O)CCc1ccccc1)CCc1cccc(Cl)c1. The average molecular weight is 373 g/mol. The molecule has 0 aromatic heterocycles. The quantitative estimate of drug-likeness (QED) is 0.732. The van der Waals surface area contributed by atoms with Gasteiger partial charge in [0.15, 0.2) is 0 Å². The minimum absolute atomic E-state index is 0.00515.